The van der Waals surface area contributed by atoms with Gasteiger partial charge in [-0.25, -0.2) is 4.98 Å². The minimum Gasteiger partial charge on any atom is -0.395 e. The maximum absolute atomic E-state index is 10.8. The van der Waals surface area contributed by atoms with Gasteiger partial charge in [0.2, 0.25) is 0 Å². The second-order valence-corrected chi connectivity index (χ2v) is 5.82. The monoisotopic (exact) mass is 385 g/mol. The molecule has 0 fully saturated rings. The number of hydrogen-bond donors (Lipinski definition) is 1. The molecule has 0 bridgehead atoms. The molecule has 6 nitrogen and oxygen atoms in total. The lowest BCUT2D eigenvalue weighted by atomic mass is 10.2. The van der Waals surface area contributed by atoms with Crippen LogP contribution in [0.25, 0.3) is 0 Å². The van der Waals surface area contributed by atoms with Crippen molar-refractivity contribution in [2.75, 3.05) is 18.1 Å². The number of anilines is 1. The van der Waals surface area contributed by atoms with Crippen LogP contribution in [-0.2, 0) is 6.54 Å². The summed E-state index contributed by atoms with van der Waals surface area (Å²) in [5.41, 5.74) is 0.857. The highest BCUT2D eigenvalue weighted by Crippen LogP contribution is 2.28. The zero-order chi connectivity index (χ0) is 16.1. The number of rotatable bonds is 6. The maximum Gasteiger partial charge on any atom is 0.288 e. The molecule has 2 aromatic rings. The van der Waals surface area contributed by atoms with Gasteiger partial charge >= 0.3 is 0 Å². The Morgan fingerprint density at radius 3 is 2.77 bits per heavy atom. The van der Waals surface area contributed by atoms with E-state index in [-0.39, 0.29) is 12.3 Å². The SMILES string of the molecule is O=[N+]([O-])c1cnc(N(CCO)Cc2cccc(Cl)c2)c(Br)c1. The normalized spacial score (nSPS) is 10.5. The number of halogens is 2. The number of aromatic nitrogens is 1. The van der Waals surface area contributed by atoms with Crippen molar-refractivity contribution in [3.63, 3.8) is 0 Å². The van der Waals surface area contributed by atoms with Gasteiger partial charge in [0.25, 0.3) is 5.69 Å². The molecule has 0 amide bonds. The summed E-state index contributed by atoms with van der Waals surface area (Å²) in [6.07, 6.45) is 1.20. The molecule has 116 valence electrons. The molecular weight excluding hydrogens is 374 g/mol. The quantitative estimate of drug-likeness (QED) is 0.608. The Kier molecular flexibility index (Phi) is 5.70. The molecule has 0 saturated carbocycles. The van der Waals surface area contributed by atoms with E-state index in [1.807, 2.05) is 23.1 Å². The standard InChI is InChI=1S/C14H13BrClN3O3/c15-13-7-12(19(21)22)8-17-14(13)18(4-5-20)9-10-2-1-3-11(16)6-10/h1-3,6-8,20H,4-5,9H2. The van der Waals surface area contributed by atoms with Gasteiger partial charge in [-0.05, 0) is 33.6 Å². The summed E-state index contributed by atoms with van der Waals surface area (Å²) >= 11 is 9.27. The smallest absolute Gasteiger partial charge is 0.288 e. The van der Waals surface area contributed by atoms with Gasteiger partial charge in [-0.15, -0.1) is 0 Å². The summed E-state index contributed by atoms with van der Waals surface area (Å²) in [4.78, 5) is 16.2. The number of aliphatic hydroxyl groups is 1. The van der Waals surface area contributed by atoms with Crippen molar-refractivity contribution < 1.29 is 10.0 Å². The summed E-state index contributed by atoms with van der Waals surface area (Å²) in [5.74, 6) is 0.527. The van der Waals surface area contributed by atoms with Crippen LogP contribution in [0.4, 0.5) is 11.5 Å². The van der Waals surface area contributed by atoms with Crippen molar-refractivity contribution in [3.05, 3.63) is 61.7 Å². The Balaban J connectivity index is 2.29. The van der Waals surface area contributed by atoms with E-state index in [0.717, 1.165) is 5.56 Å². The number of aliphatic hydroxyl groups excluding tert-OH is 1. The van der Waals surface area contributed by atoms with E-state index < -0.39 is 4.92 Å². The Morgan fingerprint density at radius 2 is 2.18 bits per heavy atom. The van der Waals surface area contributed by atoms with E-state index in [0.29, 0.717) is 28.4 Å². The summed E-state index contributed by atoms with van der Waals surface area (Å²) in [6.45, 7) is 0.756. The highest BCUT2D eigenvalue weighted by molar-refractivity contribution is 9.10. The predicted octanol–water partition coefficient (Wildman–Crippen LogP) is 3.40. The fourth-order valence-electron chi connectivity index (χ4n) is 1.99. The van der Waals surface area contributed by atoms with Crippen molar-refractivity contribution in [2.45, 2.75) is 6.54 Å². The van der Waals surface area contributed by atoms with Crippen LogP contribution in [-0.4, -0.2) is 28.2 Å². The molecule has 1 N–H and O–H groups in total. The van der Waals surface area contributed by atoms with Gasteiger partial charge in [-0.3, -0.25) is 10.1 Å². The lowest BCUT2D eigenvalue weighted by Crippen LogP contribution is -2.27. The van der Waals surface area contributed by atoms with Crippen LogP contribution >= 0.6 is 27.5 Å². The summed E-state index contributed by atoms with van der Waals surface area (Å²) in [6, 6.07) is 8.75. The van der Waals surface area contributed by atoms with Gasteiger partial charge in [-0.2, -0.15) is 0 Å². The molecule has 0 unspecified atom stereocenters. The fraction of sp³-hybridized carbons (Fsp3) is 0.214. The zero-order valence-corrected chi connectivity index (χ0v) is 13.8. The molecule has 1 aromatic carbocycles. The summed E-state index contributed by atoms with van der Waals surface area (Å²) in [5, 5.41) is 20.6. The molecule has 0 saturated heterocycles. The van der Waals surface area contributed by atoms with E-state index in [4.69, 9.17) is 11.6 Å². The molecule has 0 aliphatic heterocycles. The first-order chi connectivity index (χ1) is 10.5. The Morgan fingerprint density at radius 1 is 1.41 bits per heavy atom. The van der Waals surface area contributed by atoms with Crippen molar-refractivity contribution in [3.8, 4) is 0 Å². The van der Waals surface area contributed by atoms with Crippen LogP contribution < -0.4 is 4.90 Å². The van der Waals surface area contributed by atoms with Crippen molar-refractivity contribution in [1.82, 2.24) is 4.98 Å². The second kappa shape index (κ2) is 7.53. The van der Waals surface area contributed by atoms with Gasteiger partial charge in [0, 0.05) is 24.2 Å². The van der Waals surface area contributed by atoms with Gasteiger partial charge in [0.15, 0.2) is 0 Å². The number of pyridine rings is 1. The topological polar surface area (TPSA) is 79.5 Å². The molecule has 0 aliphatic carbocycles. The minimum absolute atomic E-state index is 0.0638. The third-order valence-electron chi connectivity index (χ3n) is 2.95. The molecular formula is C14H13BrClN3O3. The average Bonchev–Trinajstić information content (AvgIpc) is 2.46. The zero-order valence-electron chi connectivity index (χ0n) is 11.4. The van der Waals surface area contributed by atoms with Crippen LogP contribution in [0.3, 0.4) is 0 Å². The number of benzene rings is 1. The number of hydrogen-bond acceptors (Lipinski definition) is 5. The first-order valence-corrected chi connectivity index (χ1v) is 7.58. The van der Waals surface area contributed by atoms with Gasteiger partial charge < -0.3 is 10.0 Å². The maximum atomic E-state index is 10.8. The Hall–Kier alpha value is -1.70. The molecule has 8 heteroatoms. The lowest BCUT2D eigenvalue weighted by Gasteiger charge is -2.24. The van der Waals surface area contributed by atoms with E-state index in [1.54, 1.807) is 6.07 Å². The van der Waals surface area contributed by atoms with E-state index in [9.17, 15) is 15.2 Å². The average molecular weight is 387 g/mol. The van der Waals surface area contributed by atoms with Crippen molar-refractivity contribution in [1.29, 1.82) is 0 Å². The first kappa shape index (κ1) is 16.7. The molecule has 1 aromatic heterocycles. The third-order valence-corrected chi connectivity index (χ3v) is 3.77. The summed E-state index contributed by atoms with van der Waals surface area (Å²) < 4.78 is 0.497. The molecule has 0 aliphatic rings. The Bertz CT molecular complexity index is 684. The van der Waals surface area contributed by atoms with Crippen LogP contribution in [0.2, 0.25) is 5.02 Å². The Labute approximate surface area is 140 Å². The highest BCUT2D eigenvalue weighted by atomic mass is 79.9. The number of nitrogens with zero attached hydrogens (tertiary/aromatic N) is 3. The first-order valence-electron chi connectivity index (χ1n) is 6.41. The molecule has 22 heavy (non-hydrogen) atoms. The second-order valence-electron chi connectivity index (χ2n) is 4.53. The molecule has 2 rings (SSSR count). The van der Waals surface area contributed by atoms with Gasteiger partial charge in [-0.1, -0.05) is 23.7 Å². The molecule has 0 spiro atoms. The van der Waals surface area contributed by atoms with Gasteiger partial charge in [0.05, 0.1) is 16.0 Å². The summed E-state index contributed by atoms with van der Waals surface area (Å²) in [7, 11) is 0. The van der Waals surface area contributed by atoms with Crippen molar-refractivity contribution >= 4 is 39.0 Å². The van der Waals surface area contributed by atoms with E-state index >= 15 is 0 Å². The van der Waals surface area contributed by atoms with E-state index in [1.165, 1.54) is 12.3 Å². The largest absolute Gasteiger partial charge is 0.395 e. The fourth-order valence-corrected chi connectivity index (χ4v) is 2.79. The van der Waals surface area contributed by atoms with Crippen molar-refractivity contribution in [2.24, 2.45) is 0 Å². The van der Waals surface area contributed by atoms with Crippen LogP contribution in [0.1, 0.15) is 5.56 Å². The van der Waals surface area contributed by atoms with Gasteiger partial charge in [0.1, 0.15) is 12.0 Å². The third kappa shape index (κ3) is 4.16. The van der Waals surface area contributed by atoms with Crippen LogP contribution in [0.15, 0.2) is 41.0 Å². The van der Waals surface area contributed by atoms with Crippen LogP contribution in [0.5, 0.6) is 0 Å². The molecule has 1 heterocycles. The molecule has 0 atom stereocenters. The van der Waals surface area contributed by atoms with Crippen LogP contribution in [0, 0.1) is 10.1 Å². The predicted molar refractivity (Wildman–Crippen MR) is 88.2 cm³/mol. The molecule has 0 radical (unpaired) electrons. The highest BCUT2D eigenvalue weighted by Gasteiger charge is 2.16. The van der Waals surface area contributed by atoms with E-state index in [2.05, 4.69) is 20.9 Å². The minimum atomic E-state index is -0.505. The lowest BCUT2D eigenvalue weighted by molar-refractivity contribution is -0.385. The number of nitro groups is 1.